The molecule has 7 heteroatoms. The van der Waals surface area contributed by atoms with Crippen molar-refractivity contribution in [2.45, 2.75) is 18.6 Å². The van der Waals surface area contributed by atoms with Gasteiger partial charge in [-0.2, -0.15) is 0 Å². The van der Waals surface area contributed by atoms with Crippen molar-refractivity contribution in [2.24, 2.45) is 0 Å². The van der Waals surface area contributed by atoms with Crippen LogP contribution in [0.3, 0.4) is 0 Å². The lowest BCUT2D eigenvalue weighted by molar-refractivity contribution is -0.116. The number of H-pyrrole nitrogens is 1. The van der Waals surface area contributed by atoms with E-state index in [1.807, 2.05) is 37.3 Å². The zero-order valence-corrected chi connectivity index (χ0v) is 15.6. The van der Waals surface area contributed by atoms with E-state index < -0.39 is 10.8 Å². The number of methoxy groups -OCH3 is 1. The third-order valence-electron chi connectivity index (χ3n) is 4.66. The maximum absolute atomic E-state index is 11.8. The van der Waals surface area contributed by atoms with E-state index in [2.05, 4.69) is 15.3 Å². The van der Waals surface area contributed by atoms with Gasteiger partial charge < -0.3 is 15.0 Å². The predicted octanol–water partition coefficient (Wildman–Crippen LogP) is 3.17. The number of benzene rings is 2. The van der Waals surface area contributed by atoms with Crippen LogP contribution in [0.4, 0.5) is 5.69 Å². The topological polar surface area (TPSA) is 84.1 Å². The summed E-state index contributed by atoms with van der Waals surface area (Å²) in [6, 6.07) is 9.63. The summed E-state index contributed by atoms with van der Waals surface area (Å²) in [6.07, 6.45) is 1.68. The Morgan fingerprint density at radius 1 is 1.27 bits per heavy atom. The van der Waals surface area contributed by atoms with E-state index in [1.165, 1.54) is 0 Å². The van der Waals surface area contributed by atoms with Crippen LogP contribution in [-0.2, 0) is 21.3 Å². The molecule has 2 atom stereocenters. The molecule has 4 rings (SSSR count). The summed E-state index contributed by atoms with van der Waals surface area (Å²) in [5.41, 5.74) is 5.26. The van der Waals surface area contributed by atoms with Gasteiger partial charge in [0.15, 0.2) is 0 Å². The van der Waals surface area contributed by atoms with Crippen LogP contribution in [0.5, 0.6) is 5.75 Å². The lowest BCUT2D eigenvalue weighted by atomic mass is 10.0. The number of carbonyl (C=O) groups is 1. The number of hydrogen-bond donors (Lipinski definition) is 2. The van der Waals surface area contributed by atoms with E-state index in [0.29, 0.717) is 17.3 Å². The number of hydrogen-bond acceptors (Lipinski definition) is 4. The number of nitrogens with zero attached hydrogens (tertiary/aromatic N) is 1. The number of carbonyl (C=O) groups excluding carboxylic acids is 1. The Labute approximate surface area is 153 Å². The van der Waals surface area contributed by atoms with Gasteiger partial charge in [-0.15, -0.1) is 0 Å². The highest BCUT2D eigenvalue weighted by molar-refractivity contribution is 7.83. The summed E-state index contributed by atoms with van der Waals surface area (Å²) in [4.78, 5) is 19.8. The molecule has 0 aliphatic carbocycles. The van der Waals surface area contributed by atoms with E-state index in [9.17, 15) is 9.00 Å². The van der Waals surface area contributed by atoms with Crippen molar-refractivity contribution in [3.8, 4) is 17.1 Å². The molecule has 134 valence electrons. The molecule has 1 amide bonds. The van der Waals surface area contributed by atoms with Gasteiger partial charge in [0.1, 0.15) is 11.6 Å². The van der Waals surface area contributed by atoms with E-state index in [1.54, 1.807) is 13.4 Å². The Morgan fingerprint density at radius 3 is 2.81 bits per heavy atom. The molecule has 0 saturated carbocycles. The molecule has 0 saturated heterocycles. The molecule has 2 aromatic carbocycles. The van der Waals surface area contributed by atoms with Gasteiger partial charge in [0.25, 0.3) is 0 Å². The van der Waals surface area contributed by atoms with E-state index in [-0.39, 0.29) is 11.8 Å². The molecule has 2 N–H and O–H groups in total. The summed E-state index contributed by atoms with van der Waals surface area (Å²) in [7, 11) is 0.701. The maximum atomic E-state index is 11.8. The highest BCUT2D eigenvalue weighted by atomic mass is 32.2. The summed E-state index contributed by atoms with van der Waals surface area (Å²) in [5.74, 6) is 1.72. The maximum Gasteiger partial charge on any atom is 0.231 e. The average Bonchev–Trinajstić information content (AvgIpc) is 3.13. The highest BCUT2D eigenvalue weighted by Gasteiger charge is 2.27. The molecule has 1 aliphatic heterocycles. The SMILES string of the molecule is COc1cc(CS(C)=O)ccc1-c1nc2cc3c(cc2[nH]1)C(C)C(=O)N3. The normalized spacial score (nSPS) is 17.2. The first-order chi connectivity index (χ1) is 12.5. The Balaban J connectivity index is 1.78. The molecule has 0 bridgehead atoms. The van der Waals surface area contributed by atoms with Crippen molar-refractivity contribution in [3.05, 3.63) is 41.5 Å². The number of aromatic nitrogens is 2. The zero-order valence-electron chi connectivity index (χ0n) is 14.8. The van der Waals surface area contributed by atoms with Crippen molar-refractivity contribution in [1.82, 2.24) is 9.97 Å². The number of nitrogens with one attached hydrogen (secondary N) is 2. The van der Waals surface area contributed by atoms with Crippen LogP contribution in [-0.4, -0.2) is 33.4 Å². The number of anilines is 1. The quantitative estimate of drug-likeness (QED) is 0.740. The van der Waals surface area contributed by atoms with Gasteiger partial charge in [0.05, 0.1) is 29.6 Å². The third kappa shape index (κ3) is 2.78. The van der Waals surface area contributed by atoms with E-state index in [4.69, 9.17) is 4.74 Å². The second kappa shape index (κ2) is 6.25. The Bertz CT molecular complexity index is 1060. The minimum Gasteiger partial charge on any atom is -0.496 e. The fourth-order valence-corrected chi connectivity index (χ4v) is 3.95. The molecule has 0 fully saturated rings. The zero-order chi connectivity index (χ0) is 18.4. The largest absolute Gasteiger partial charge is 0.496 e. The molecule has 26 heavy (non-hydrogen) atoms. The lowest BCUT2D eigenvalue weighted by Crippen LogP contribution is -2.08. The van der Waals surface area contributed by atoms with E-state index in [0.717, 1.165) is 33.4 Å². The lowest BCUT2D eigenvalue weighted by Gasteiger charge is -2.08. The number of imidazole rings is 1. The number of amides is 1. The number of fused-ring (bicyclic) bond motifs is 2. The van der Waals surface area contributed by atoms with Gasteiger partial charge in [-0.3, -0.25) is 9.00 Å². The number of rotatable bonds is 4. The van der Waals surface area contributed by atoms with Gasteiger partial charge >= 0.3 is 0 Å². The Kier molecular flexibility index (Phi) is 4.03. The fourth-order valence-electron chi connectivity index (χ4n) is 3.31. The van der Waals surface area contributed by atoms with Crippen LogP contribution in [0, 0.1) is 0 Å². The molecule has 0 spiro atoms. The van der Waals surface area contributed by atoms with Gasteiger partial charge in [-0.25, -0.2) is 4.98 Å². The van der Waals surface area contributed by atoms with Crippen LogP contribution in [0.1, 0.15) is 24.0 Å². The predicted molar refractivity (Wildman–Crippen MR) is 103 cm³/mol. The molecule has 1 aromatic heterocycles. The van der Waals surface area contributed by atoms with Crippen molar-refractivity contribution in [1.29, 1.82) is 0 Å². The summed E-state index contributed by atoms with van der Waals surface area (Å²) in [6.45, 7) is 1.89. The second-order valence-corrected chi connectivity index (χ2v) is 7.94. The van der Waals surface area contributed by atoms with Crippen molar-refractivity contribution < 1.29 is 13.7 Å². The Hall–Kier alpha value is -2.67. The second-order valence-electron chi connectivity index (χ2n) is 6.51. The Morgan fingerprint density at radius 2 is 2.08 bits per heavy atom. The summed E-state index contributed by atoms with van der Waals surface area (Å²) < 4.78 is 17.0. The van der Waals surface area contributed by atoms with Gasteiger partial charge in [-0.05, 0) is 42.3 Å². The van der Waals surface area contributed by atoms with Crippen LogP contribution >= 0.6 is 0 Å². The van der Waals surface area contributed by atoms with Crippen LogP contribution in [0.15, 0.2) is 30.3 Å². The van der Waals surface area contributed by atoms with Gasteiger partial charge in [0, 0.05) is 28.5 Å². The molecular weight excluding hydrogens is 350 g/mol. The average molecular weight is 369 g/mol. The van der Waals surface area contributed by atoms with E-state index >= 15 is 0 Å². The summed E-state index contributed by atoms with van der Waals surface area (Å²) in [5, 5.41) is 2.89. The highest BCUT2D eigenvalue weighted by Crippen LogP contribution is 2.37. The van der Waals surface area contributed by atoms with Crippen molar-refractivity contribution >= 4 is 33.4 Å². The van der Waals surface area contributed by atoms with Crippen LogP contribution in [0.25, 0.3) is 22.4 Å². The van der Waals surface area contributed by atoms with Gasteiger partial charge in [-0.1, -0.05) is 6.07 Å². The monoisotopic (exact) mass is 369 g/mol. The smallest absolute Gasteiger partial charge is 0.231 e. The summed E-state index contributed by atoms with van der Waals surface area (Å²) >= 11 is 0. The van der Waals surface area contributed by atoms with Crippen molar-refractivity contribution in [3.63, 3.8) is 0 Å². The molecule has 2 unspecified atom stereocenters. The first-order valence-electron chi connectivity index (χ1n) is 8.28. The molecule has 0 radical (unpaired) electrons. The molecule has 1 aliphatic rings. The van der Waals surface area contributed by atoms with Gasteiger partial charge in [0.2, 0.25) is 5.91 Å². The molecule has 6 nitrogen and oxygen atoms in total. The molecular formula is C19H19N3O3S. The fraction of sp³-hybridized carbons (Fsp3) is 0.263. The minimum atomic E-state index is -0.910. The standard InChI is InChI=1S/C19H19N3O3S/c1-10-13-7-15-16(8-14(13)22-19(10)23)21-18(20-15)12-5-4-11(9-26(3)24)6-17(12)25-2/h4-8,10H,9H2,1-3H3,(H,20,21)(H,22,23). The van der Waals surface area contributed by atoms with Crippen molar-refractivity contribution in [2.75, 3.05) is 18.7 Å². The molecule has 2 heterocycles. The minimum absolute atomic E-state index is 0.0125. The van der Waals surface area contributed by atoms with Crippen LogP contribution in [0.2, 0.25) is 0 Å². The number of aromatic amines is 1. The first kappa shape index (κ1) is 16.8. The molecule has 3 aromatic rings. The first-order valence-corrected chi connectivity index (χ1v) is 10.0. The number of ether oxygens (including phenoxy) is 1. The third-order valence-corrected chi connectivity index (χ3v) is 5.40. The van der Waals surface area contributed by atoms with Crippen LogP contribution < -0.4 is 10.1 Å².